The second-order valence-electron chi connectivity index (χ2n) is 16.3. The molecule has 6 fully saturated rings. The summed E-state index contributed by atoms with van der Waals surface area (Å²) in [4.78, 5) is 55.5. The van der Waals surface area contributed by atoms with Gasteiger partial charge in [0, 0.05) is 26.1 Å². The highest BCUT2D eigenvalue weighted by Crippen LogP contribution is 2.77. The van der Waals surface area contributed by atoms with E-state index < -0.39 is 53.3 Å². The zero-order valence-corrected chi connectivity index (χ0v) is 28.7. The number of likely N-dealkylation sites (tertiary alicyclic amines) is 1. The molecule has 9 atom stereocenters. The Labute approximate surface area is 281 Å². The zero-order valence-electron chi connectivity index (χ0n) is 28.7. The molecule has 0 radical (unpaired) electrons. The Hall–Kier alpha value is -3.08. The van der Waals surface area contributed by atoms with Gasteiger partial charge in [0.25, 0.3) is 5.91 Å². The Morgan fingerprint density at radius 2 is 1.62 bits per heavy atom. The molecular weight excluding hydrogens is 618 g/mol. The number of halogens is 2. The minimum absolute atomic E-state index is 0.0598. The molecule has 1 aliphatic heterocycles. The third-order valence-corrected chi connectivity index (χ3v) is 12.8. The number of carbonyl (C=O) groups excluding carboxylic acids is 4. The number of methoxy groups -OCH3 is 1. The molecule has 11 heteroatoms. The van der Waals surface area contributed by atoms with Crippen LogP contribution in [0.25, 0.3) is 0 Å². The van der Waals surface area contributed by atoms with Gasteiger partial charge in [-0.2, -0.15) is 0 Å². The summed E-state index contributed by atoms with van der Waals surface area (Å²) < 4.78 is 35.6. The molecule has 5 aliphatic carbocycles. The Morgan fingerprint density at radius 3 is 2.21 bits per heavy atom. The van der Waals surface area contributed by atoms with Gasteiger partial charge in [0.05, 0.1) is 5.69 Å². The molecule has 262 valence electrons. The molecule has 7 rings (SSSR count). The monoisotopic (exact) mass is 668 g/mol. The second-order valence-corrected chi connectivity index (χ2v) is 16.3. The third-order valence-electron chi connectivity index (χ3n) is 12.8. The van der Waals surface area contributed by atoms with Crippen molar-refractivity contribution < 1.29 is 32.7 Å². The van der Waals surface area contributed by atoms with Gasteiger partial charge in [0.1, 0.15) is 24.0 Å². The lowest BCUT2D eigenvalue weighted by Crippen LogP contribution is -2.55. The number of fused-ring (bicyclic) bond motifs is 1. The molecule has 1 heterocycles. The lowest BCUT2D eigenvalue weighted by Gasteiger charge is -2.40. The van der Waals surface area contributed by atoms with Crippen LogP contribution in [-0.2, 0) is 23.9 Å². The van der Waals surface area contributed by atoms with E-state index >= 15 is 4.39 Å². The maximum Gasteiger partial charge on any atom is 0.258 e. The summed E-state index contributed by atoms with van der Waals surface area (Å²) in [5.74, 6) is -0.654. The molecule has 6 aliphatic rings. The molecule has 3 unspecified atom stereocenters. The van der Waals surface area contributed by atoms with Gasteiger partial charge in [-0.05, 0) is 116 Å². The highest BCUT2D eigenvalue weighted by molar-refractivity contribution is 5.99. The van der Waals surface area contributed by atoms with Crippen molar-refractivity contribution in [1.29, 1.82) is 0 Å². The van der Waals surface area contributed by atoms with Crippen LogP contribution in [0.15, 0.2) is 18.2 Å². The van der Waals surface area contributed by atoms with Crippen molar-refractivity contribution in [2.75, 3.05) is 25.5 Å². The quantitative estimate of drug-likeness (QED) is 0.285. The van der Waals surface area contributed by atoms with Gasteiger partial charge in [-0.25, -0.2) is 8.78 Å². The number of carbonyl (C=O) groups is 4. The maximum absolute atomic E-state index is 15.8. The number of alkyl halides is 1. The Kier molecular flexibility index (Phi) is 8.39. The minimum atomic E-state index is -1.92. The standard InChI is InChI=1S/C37H50F2N4O5/c1-18-16-43(17-24-15-36(4)28(18)29(24)36)34(46)30(41-32(44)20(3)48-5)19(2)23-10-11-26(25(38)14-23)40-33(45)31(42-35(47)37(39)12-13-37)27(21-6-7-21)22-8-9-22/h10-11,14,18-22,24,27-31H,6-9,12-13,15-17H2,1-5H3,(H,40,45)(H,41,44)(H,42,47)/t18-,19-,20-,24-,28?,29?,30+,31-,36?/m0/s1. The summed E-state index contributed by atoms with van der Waals surface area (Å²) in [5.41, 5.74) is -1.08. The van der Waals surface area contributed by atoms with Crippen LogP contribution in [0.2, 0.25) is 0 Å². The number of hydrogen-bond donors (Lipinski definition) is 3. The topological polar surface area (TPSA) is 117 Å². The number of nitrogens with zero attached hydrogens (tertiary/aromatic N) is 1. The number of benzene rings is 1. The first kappa shape index (κ1) is 33.4. The number of hydrogen-bond acceptors (Lipinski definition) is 5. The van der Waals surface area contributed by atoms with Crippen molar-refractivity contribution in [2.24, 2.45) is 46.8 Å². The summed E-state index contributed by atoms with van der Waals surface area (Å²) in [6.45, 7) is 9.24. The van der Waals surface area contributed by atoms with E-state index in [1.54, 1.807) is 19.9 Å². The first-order chi connectivity index (χ1) is 22.8. The smallest absolute Gasteiger partial charge is 0.258 e. The molecule has 0 spiro atoms. The summed E-state index contributed by atoms with van der Waals surface area (Å²) in [6.07, 6.45) is 4.46. The van der Waals surface area contributed by atoms with Gasteiger partial charge >= 0.3 is 0 Å². The molecule has 3 N–H and O–H groups in total. The van der Waals surface area contributed by atoms with E-state index in [2.05, 4.69) is 29.8 Å². The molecule has 1 aromatic carbocycles. The Morgan fingerprint density at radius 1 is 0.958 bits per heavy atom. The van der Waals surface area contributed by atoms with Crippen molar-refractivity contribution in [1.82, 2.24) is 15.5 Å². The maximum atomic E-state index is 15.8. The fraction of sp³-hybridized carbons (Fsp3) is 0.730. The van der Waals surface area contributed by atoms with Crippen LogP contribution in [-0.4, -0.2) is 72.6 Å². The third kappa shape index (κ3) is 6.02. The molecule has 5 saturated carbocycles. The predicted octanol–water partition coefficient (Wildman–Crippen LogP) is 4.56. The zero-order chi connectivity index (χ0) is 34.3. The van der Waals surface area contributed by atoms with Crippen LogP contribution >= 0.6 is 0 Å². The lowest BCUT2D eigenvalue weighted by molar-refractivity contribution is -0.141. The van der Waals surface area contributed by atoms with Crippen LogP contribution in [0.5, 0.6) is 0 Å². The van der Waals surface area contributed by atoms with Crippen LogP contribution in [0.4, 0.5) is 14.5 Å². The van der Waals surface area contributed by atoms with Gasteiger partial charge in [-0.1, -0.05) is 26.8 Å². The van der Waals surface area contributed by atoms with E-state index in [-0.39, 0.29) is 42.2 Å². The largest absolute Gasteiger partial charge is 0.372 e. The molecular formula is C37H50F2N4O5. The number of nitrogens with one attached hydrogen (secondary N) is 3. The molecule has 0 aromatic heterocycles. The fourth-order valence-corrected chi connectivity index (χ4v) is 9.58. The van der Waals surface area contributed by atoms with Crippen LogP contribution < -0.4 is 16.0 Å². The van der Waals surface area contributed by atoms with E-state index in [1.807, 2.05) is 4.90 Å². The summed E-state index contributed by atoms with van der Waals surface area (Å²) in [5, 5.41) is 8.28. The average molecular weight is 669 g/mol. The van der Waals surface area contributed by atoms with Crippen LogP contribution in [0.3, 0.4) is 0 Å². The minimum Gasteiger partial charge on any atom is -0.372 e. The van der Waals surface area contributed by atoms with Gasteiger partial charge in [0.2, 0.25) is 17.7 Å². The Bertz CT molecular complexity index is 1480. The lowest BCUT2D eigenvalue weighted by atomic mass is 9.75. The molecule has 0 bridgehead atoms. The van der Waals surface area contributed by atoms with E-state index in [1.165, 1.54) is 19.2 Å². The predicted molar refractivity (Wildman–Crippen MR) is 175 cm³/mol. The highest BCUT2D eigenvalue weighted by Gasteiger charge is 2.74. The van der Waals surface area contributed by atoms with Crippen LogP contribution in [0.1, 0.15) is 84.1 Å². The average Bonchev–Trinajstić information content (AvgIpc) is 3.84. The molecule has 48 heavy (non-hydrogen) atoms. The van der Waals surface area contributed by atoms with Crippen molar-refractivity contribution >= 4 is 29.3 Å². The summed E-state index contributed by atoms with van der Waals surface area (Å²) in [7, 11) is 1.43. The van der Waals surface area contributed by atoms with E-state index in [9.17, 15) is 23.6 Å². The number of rotatable bonds is 13. The van der Waals surface area contributed by atoms with Gasteiger partial charge in [0.15, 0.2) is 5.67 Å². The molecule has 9 nitrogen and oxygen atoms in total. The van der Waals surface area contributed by atoms with Crippen LogP contribution in [0, 0.1) is 52.7 Å². The molecule has 4 amide bonds. The number of ether oxygens (including phenoxy) is 1. The fourth-order valence-electron chi connectivity index (χ4n) is 9.58. The van der Waals surface area contributed by atoms with E-state index in [0.29, 0.717) is 47.7 Å². The van der Waals surface area contributed by atoms with Gasteiger partial charge in [-0.3, -0.25) is 19.2 Å². The molecule has 1 aromatic rings. The number of anilines is 1. The molecule has 1 saturated heterocycles. The number of amides is 4. The van der Waals surface area contributed by atoms with E-state index in [4.69, 9.17) is 4.74 Å². The normalized spacial score (nSPS) is 32.0. The summed E-state index contributed by atoms with van der Waals surface area (Å²) >= 11 is 0. The van der Waals surface area contributed by atoms with Gasteiger partial charge in [-0.15, -0.1) is 0 Å². The van der Waals surface area contributed by atoms with Crippen molar-refractivity contribution in [2.45, 2.75) is 102 Å². The van der Waals surface area contributed by atoms with Gasteiger partial charge < -0.3 is 25.6 Å². The first-order valence-corrected chi connectivity index (χ1v) is 18.0. The van der Waals surface area contributed by atoms with E-state index in [0.717, 1.165) is 32.1 Å². The summed E-state index contributed by atoms with van der Waals surface area (Å²) in [6, 6.07) is 2.50. The second kappa shape index (κ2) is 12.1. The van der Waals surface area contributed by atoms with Crippen molar-refractivity contribution in [3.8, 4) is 0 Å². The first-order valence-electron chi connectivity index (χ1n) is 18.0. The Balaban J connectivity index is 1.08. The SMILES string of the molecule is CO[C@@H](C)C(=O)N[C@@H](C(=O)N1C[C@@H]2CC3(C)C2C3[C@@H](C)C1)[C@@H](C)c1ccc(NC(=O)[C@@H](NC(=O)C2(F)CC2)C(C2CC2)C2CC2)c(F)c1. The van der Waals surface area contributed by atoms with Crippen molar-refractivity contribution in [3.05, 3.63) is 29.6 Å². The highest BCUT2D eigenvalue weighted by atomic mass is 19.1. The van der Waals surface area contributed by atoms with Crippen molar-refractivity contribution in [3.63, 3.8) is 0 Å².